The summed E-state index contributed by atoms with van der Waals surface area (Å²) < 4.78 is 0.0712. The van der Waals surface area contributed by atoms with E-state index in [4.69, 9.17) is 16.7 Å². The van der Waals surface area contributed by atoms with Crippen LogP contribution in [0.1, 0.15) is 10.4 Å². The molecule has 0 fully saturated rings. The van der Waals surface area contributed by atoms with Crippen molar-refractivity contribution in [2.24, 2.45) is 0 Å². The molecule has 0 unspecified atom stereocenters. The van der Waals surface area contributed by atoms with Gasteiger partial charge in [-0.1, -0.05) is 23.8 Å². The van der Waals surface area contributed by atoms with Crippen LogP contribution in [0.4, 0.5) is 0 Å². The highest BCUT2D eigenvalue weighted by molar-refractivity contribution is 7.71. The van der Waals surface area contributed by atoms with E-state index in [0.29, 0.717) is 0 Å². The van der Waals surface area contributed by atoms with Crippen LogP contribution in [0.15, 0.2) is 6.07 Å². The number of carboxylic acid groups (broad SMARTS) is 1. The number of carboxylic acids is 1. The number of nitrogens with zero attached hydrogens (tertiary/aromatic N) is 1. The molecule has 0 bridgehead atoms. The van der Waals surface area contributed by atoms with Crippen LogP contribution in [-0.4, -0.2) is 21.3 Å². The first kappa shape index (κ1) is 8.16. The molecule has 2 N–H and O–H groups in total. The van der Waals surface area contributed by atoms with Crippen molar-refractivity contribution in [3.8, 4) is 0 Å². The molecule has 1 rings (SSSR count). The van der Waals surface area contributed by atoms with E-state index in [1.54, 1.807) is 0 Å². The summed E-state index contributed by atoms with van der Waals surface area (Å²) in [6, 6.07) is 1.20. The van der Waals surface area contributed by atoms with Gasteiger partial charge in [0.25, 0.3) is 0 Å². The highest BCUT2D eigenvalue weighted by Crippen LogP contribution is 2.06. The van der Waals surface area contributed by atoms with Crippen LogP contribution in [0.5, 0.6) is 0 Å². The standard InChI is InChI=1S/C5H3ClN2O2S/c6-3-1-2(5(9)10)4(11)8-7-3/h1H,(H,8,11)(H,9,10). The molecule has 1 heterocycles. The largest absolute Gasteiger partial charge is 0.478 e. The zero-order valence-electron chi connectivity index (χ0n) is 5.17. The Bertz CT molecular complexity index is 349. The highest BCUT2D eigenvalue weighted by atomic mass is 35.5. The van der Waals surface area contributed by atoms with Crippen LogP contribution < -0.4 is 0 Å². The zero-order chi connectivity index (χ0) is 8.43. The minimum absolute atomic E-state index is 0.0417. The average Bonchev–Trinajstić information content (AvgIpc) is 1.94. The summed E-state index contributed by atoms with van der Waals surface area (Å²) in [5, 5.41) is 14.4. The maximum Gasteiger partial charge on any atom is 0.338 e. The highest BCUT2D eigenvalue weighted by Gasteiger charge is 2.05. The molecule has 1 aromatic rings. The van der Waals surface area contributed by atoms with Crippen LogP contribution in [-0.2, 0) is 0 Å². The van der Waals surface area contributed by atoms with Gasteiger partial charge >= 0.3 is 5.97 Å². The van der Waals surface area contributed by atoms with Crippen LogP contribution >= 0.6 is 23.8 Å². The molecular weight excluding hydrogens is 188 g/mol. The molecule has 0 aromatic carbocycles. The summed E-state index contributed by atoms with van der Waals surface area (Å²) in [5.41, 5.74) is -0.0417. The lowest BCUT2D eigenvalue weighted by Gasteiger charge is -1.93. The van der Waals surface area contributed by atoms with Crippen molar-refractivity contribution < 1.29 is 9.90 Å². The molecule has 4 nitrogen and oxygen atoms in total. The molecule has 11 heavy (non-hydrogen) atoms. The van der Waals surface area contributed by atoms with Crippen molar-refractivity contribution in [3.05, 3.63) is 21.4 Å². The van der Waals surface area contributed by atoms with E-state index in [1.165, 1.54) is 6.07 Å². The Labute approximate surface area is 71.8 Å². The van der Waals surface area contributed by atoms with E-state index in [-0.39, 0.29) is 15.4 Å². The molecule has 0 saturated heterocycles. The molecule has 0 aliphatic heterocycles. The van der Waals surface area contributed by atoms with E-state index < -0.39 is 5.97 Å². The lowest BCUT2D eigenvalue weighted by atomic mass is 10.3. The summed E-state index contributed by atoms with van der Waals surface area (Å²) in [7, 11) is 0. The van der Waals surface area contributed by atoms with Gasteiger partial charge in [-0.3, -0.25) is 5.10 Å². The number of rotatable bonds is 1. The monoisotopic (exact) mass is 190 g/mol. The van der Waals surface area contributed by atoms with Crippen molar-refractivity contribution in [2.75, 3.05) is 0 Å². The van der Waals surface area contributed by atoms with Gasteiger partial charge in [0.15, 0.2) is 0 Å². The summed E-state index contributed by atoms with van der Waals surface area (Å²) in [6.07, 6.45) is 0. The Kier molecular flexibility index (Phi) is 2.21. The molecule has 1 aromatic heterocycles. The SMILES string of the molecule is O=C(O)c1cc(Cl)n[nH]c1=S. The number of aromatic nitrogens is 2. The van der Waals surface area contributed by atoms with Gasteiger partial charge in [-0.15, -0.1) is 0 Å². The van der Waals surface area contributed by atoms with Gasteiger partial charge in [-0.05, 0) is 6.07 Å². The fourth-order valence-electron chi connectivity index (χ4n) is 0.540. The van der Waals surface area contributed by atoms with E-state index in [1.807, 2.05) is 0 Å². The van der Waals surface area contributed by atoms with Gasteiger partial charge in [0.1, 0.15) is 9.79 Å². The van der Waals surface area contributed by atoms with Gasteiger partial charge in [-0.2, -0.15) is 5.10 Å². The molecule has 0 aliphatic rings. The second-order valence-electron chi connectivity index (χ2n) is 1.74. The lowest BCUT2D eigenvalue weighted by Crippen LogP contribution is -1.99. The first-order valence-corrected chi connectivity index (χ1v) is 3.38. The van der Waals surface area contributed by atoms with Gasteiger partial charge < -0.3 is 5.11 Å². The molecule has 0 spiro atoms. The van der Waals surface area contributed by atoms with E-state index in [0.717, 1.165) is 0 Å². The van der Waals surface area contributed by atoms with Crippen LogP contribution in [0.3, 0.4) is 0 Å². The fourth-order valence-corrected chi connectivity index (χ4v) is 0.883. The van der Waals surface area contributed by atoms with E-state index in [9.17, 15) is 4.79 Å². The van der Waals surface area contributed by atoms with Crippen molar-refractivity contribution in [1.29, 1.82) is 0 Å². The van der Waals surface area contributed by atoms with Gasteiger partial charge in [0.2, 0.25) is 0 Å². The predicted octanol–water partition coefficient (Wildman–Crippen LogP) is 1.49. The van der Waals surface area contributed by atoms with E-state index in [2.05, 4.69) is 22.4 Å². The first-order chi connectivity index (χ1) is 5.11. The third-order valence-corrected chi connectivity index (χ3v) is 1.51. The Morgan fingerprint density at radius 2 is 2.45 bits per heavy atom. The number of aromatic carboxylic acids is 1. The minimum atomic E-state index is -1.12. The maximum absolute atomic E-state index is 10.4. The quantitative estimate of drug-likeness (QED) is 0.659. The summed E-state index contributed by atoms with van der Waals surface area (Å²) in [4.78, 5) is 10.4. The third kappa shape index (κ3) is 1.75. The summed E-state index contributed by atoms with van der Waals surface area (Å²) in [6.45, 7) is 0. The normalized spacial score (nSPS) is 9.55. The molecule has 0 atom stereocenters. The van der Waals surface area contributed by atoms with Crippen molar-refractivity contribution in [1.82, 2.24) is 10.2 Å². The maximum atomic E-state index is 10.4. The van der Waals surface area contributed by atoms with Crippen molar-refractivity contribution >= 4 is 29.8 Å². The van der Waals surface area contributed by atoms with Crippen molar-refractivity contribution in [3.63, 3.8) is 0 Å². The molecule has 6 heteroatoms. The molecule has 0 aliphatic carbocycles. The predicted molar refractivity (Wildman–Crippen MR) is 41.4 cm³/mol. The Morgan fingerprint density at radius 1 is 1.82 bits per heavy atom. The molecule has 0 radical (unpaired) electrons. The summed E-state index contributed by atoms with van der Waals surface area (Å²) in [5.74, 6) is -1.12. The van der Waals surface area contributed by atoms with E-state index >= 15 is 0 Å². The molecule has 0 saturated carbocycles. The number of carbonyl (C=O) groups is 1. The Hall–Kier alpha value is -0.940. The first-order valence-electron chi connectivity index (χ1n) is 2.60. The van der Waals surface area contributed by atoms with Crippen LogP contribution in [0.25, 0.3) is 0 Å². The van der Waals surface area contributed by atoms with Crippen molar-refractivity contribution in [2.45, 2.75) is 0 Å². The molecule has 58 valence electrons. The number of hydrogen-bond donors (Lipinski definition) is 2. The Balaban J connectivity index is 3.35. The average molecular weight is 191 g/mol. The summed E-state index contributed by atoms with van der Waals surface area (Å²) >= 11 is 10.0. The molecule has 0 amide bonds. The number of H-pyrrole nitrogens is 1. The number of hydrogen-bond acceptors (Lipinski definition) is 3. The zero-order valence-corrected chi connectivity index (χ0v) is 6.74. The number of halogens is 1. The Morgan fingerprint density at radius 3 is 2.91 bits per heavy atom. The van der Waals surface area contributed by atoms with Crippen LogP contribution in [0, 0.1) is 4.64 Å². The fraction of sp³-hybridized carbons (Fsp3) is 0. The minimum Gasteiger partial charge on any atom is -0.478 e. The van der Waals surface area contributed by atoms with Gasteiger partial charge in [-0.25, -0.2) is 4.79 Å². The lowest BCUT2D eigenvalue weighted by molar-refractivity contribution is 0.0695. The number of aromatic amines is 1. The second kappa shape index (κ2) is 2.98. The van der Waals surface area contributed by atoms with Gasteiger partial charge in [0.05, 0.1) is 5.56 Å². The smallest absolute Gasteiger partial charge is 0.338 e. The number of nitrogens with one attached hydrogen (secondary N) is 1. The van der Waals surface area contributed by atoms with Gasteiger partial charge in [0, 0.05) is 0 Å². The second-order valence-corrected chi connectivity index (χ2v) is 2.53. The topological polar surface area (TPSA) is 66.0 Å². The van der Waals surface area contributed by atoms with Crippen LogP contribution in [0.2, 0.25) is 5.15 Å². The molecular formula is C5H3ClN2O2S. The third-order valence-electron chi connectivity index (χ3n) is 1.00.